The van der Waals surface area contributed by atoms with Gasteiger partial charge < -0.3 is 14.4 Å². The van der Waals surface area contributed by atoms with E-state index in [4.69, 9.17) is 4.52 Å². The van der Waals surface area contributed by atoms with Crippen molar-refractivity contribution in [2.24, 2.45) is 0 Å². The van der Waals surface area contributed by atoms with Crippen molar-refractivity contribution in [3.8, 4) is 11.3 Å². The Kier molecular flexibility index (Phi) is 4.29. The third kappa shape index (κ3) is 2.96. The van der Waals surface area contributed by atoms with Gasteiger partial charge in [0, 0.05) is 36.4 Å². The molecule has 0 saturated heterocycles. The first-order valence-electron chi connectivity index (χ1n) is 4.31. The number of aliphatic carboxylic acids is 1. The van der Waals surface area contributed by atoms with Crippen LogP contribution in [0.4, 0.5) is 0 Å². The second-order valence-corrected chi connectivity index (χ2v) is 2.97. The van der Waals surface area contributed by atoms with E-state index in [2.05, 4.69) is 10.1 Å². The molecule has 0 spiro atoms. The van der Waals surface area contributed by atoms with E-state index in [0.717, 1.165) is 5.56 Å². The van der Waals surface area contributed by atoms with Crippen LogP contribution in [0.3, 0.4) is 0 Å². The molecule has 5 nitrogen and oxygen atoms in total. The number of carbonyl (C=O) groups excluding carboxylic acids is 1. The van der Waals surface area contributed by atoms with Gasteiger partial charge in [0.05, 0.1) is 0 Å². The number of hydrogen-bond donors (Lipinski definition) is 0. The molecule has 0 atom stereocenters. The van der Waals surface area contributed by atoms with Crippen LogP contribution in [0.5, 0.6) is 0 Å². The van der Waals surface area contributed by atoms with E-state index in [0.29, 0.717) is 5.69 Å². The van der Waals surface area contributed by atoms with Crippen molar-refractivity contribution < 1.29 is 33.3 Å². The van der Waals surface area contributed by atoms with Crippen molar-refractivity contribution in [2.75, 3.05) is 0 Å². The second-order valence-electron chi connectivity index (χ2n) is 2.97. The van der Waals surface area contributed by atoms with Gasteiger partial charge in [0.15, 0.2) is 0 Å². The Balaban J connectivity index is 0.00000128. The second kappa shape index (κ2) is 5.49. The number of nitrogens with zero attached hydrogens (tertiary/aromatic N) is 2. The fourth-order valence-electron chi connectivity index (χ4n) is 1.19. The minimum absolute atomic E-state index is 0. The molecule has 2 aromatic heterocycles. The normalized spacial score (nSPS) is 9.50. The van der Waals surface area contributed by atoms with Gasteiger partial charge in [-0.25, -0.2) is 0 Å². The molecule has 0 unspecified atom stereocenters. The average molecular weight is 210 g/mol. The molecule has 2 aromatic rings. The van der Waals surface area contributed by atoms with Crippen molar-refractivity contribution in [3.63, 3.8) is 0 Å². The molecule has 76 valence electrons. The van der Waals surface area contributed by atoms with Gasteiger partial charge in [0.1, 0.15) is 11.5 Å². The van der Waals surface area contributed by atoms with E-state index in [1.165, 1.54) is 0 Å². The van der Waals surface area contributed by atoms with E-state index in [9.17, 15) is 9.90 Å². The molecular formula is C10H7LiN2O3. The summed E-state index contributed by atoms with van der Waals surface area (Å²) in [5.41, 5.74) is 1.35. The Hall–Kier alpha value is -1.57. The zero-order valence-electron chi connectivity index (χ0n) is 8.71. The van der Waals surface area contributed by atoms with Gasteiger partial charge in [0.25, 0.3) is 0 Å². The maximum absolute atomic E-state index is 10.3. The smallest absolute Gasteiger partial charge is 0.550 e. The number of carboxylic acid groups (broad SMARTS) is 1. The fourth-order valence-corrected chi connectivity index (χ4v) is 1.19. The largest absolute Gasteiger partial charge is 1.00 e. The van der Waals surface area contributed by atoms with Crippen molar-refractivity contribution in [2.45, 2.75) is 6.42 Å². The molecule has 2 rings (SSSR count). The quantitative estimate of drug-likeness (QED) is 0.505. The van der Waals surface area contributed by atoms with Crippen molar-refractivity contribution in [1.82, 2.24) is 10.1 Å². The van der Waals surface area contributed by atoms with Gasteiger partial charge in [-0.05, 0) is 12.1 Å². The van der Waals surface area contributed by atoms with E-state index in [1.54, 1.807) is 24.5 Å². The van der Waals surface area contributed by atoms with E-state index < -0.39 is 5.97 Å². The molecule has 6 heteroatoms. The molecule has 0 aliphatic heterocycles. The van der Waals surface area contributed by atoms with Crippen LogP contribution in [-0.2, 0) is 11.2 Å². The van der Waals surface area contributed by atoms with Gasteiger partial charge in [-0.15, -0.1) is 0 Å². The number of carboxylic acids is 1. The Morgan fingerprint density at radius 2 is 2.31 bits per heavy atom. The number of carbonyl (C=O) groups is 1. The first-order valence-corrected chi connectivity index (χ1v) is 4.31. The predicted octanol–water partition coefficient (Wildman–Crippen LogP) is -2.97. The molecule has 0 radical (unpaired) electrons. The molecular weight excluding hydrogens is 203 g/mol. The molecule has 2 heterocycles. The zero-order chi connectivity index (χ0) is 10.7. The van der Waals surface area contributed by atoms with Gasteiger partial charge in [0.2, 0.25) is 0 Å². The number of pyridine rings is 1. The monoisotopic (exact) mass is 210 g/mol. The average Bonchev–Trinajstić information content (AvgIpc) is 2.67. The summed E-state index contributed by atoms with van der Waals surface area (Å²) in [5.74, 6) is -0.919. The summed E-state index contributed by atoms with van der Waals surface area (Å²) < 4.78 is 4.83. The predicted molar refractivity (Wildman–Crippen MR) is 48.4 cm³/mol. The summed E-state index contributed by atoms with van der Waals surface area (Å²) in [6.45, 7) is 0. The van der Waals surface area contributed by atoms with Gasteiger partial charge in [-0.2, -0.15) is 0 Å². The maximum Gasteiger partial charge on any atom is 1.00 e. The van der Waals surface area contributed by atoms with Crippen LogP contribution in [0.2, 0.25) is 0 Å². The summed E-state index contributed by atoms with van der Waals surface area (Å²) in [6, 6.07) is 5.14. The third-order valence-corrected chi connectivity index (χ3v) is 1.83. The number of rotatable bonds is 3. The van der Waals surface area contributed by atoms with Gasteiger partial charge in [-0.3, -0.25) is 4.98 Å². The van der Waals surface area contributed by atoms with Crippen molar-refractivity contribution in [1.29, 1.82) is 0 Å². The first-order chi connectivity index (χ1) is 7.25. The Labute approximate surface area is 104 Å². The van der Waals surface area contributed by atoms with Crippen LogP contribution in [0, 0.1) is 0 Å². The molecule has 0 aliphatic carbocycles. The number of aromatic nitrogens is 2. The first kappa shape index (κ1) is 12.5. The Bertz CT molecular complexity index is 470. The van der Waals surface area contributed by atoms with E-state index in [1.807, 2.05) is 6.07 Å². The van der Waals surface area contributed by atoms with E-state index in [-0.39, 0.29) is 31.0 Å². The maximum atomic E-state index is 10.3. The zero-order valence-corrected chi connectivity index (χ0v) is 8.71. The molecule has 0 fully saturated rings. The van der Waals surface area contributed by atoms with Gasteiger partial charge in [-0.1, -0.05) is 5.16 Å². The summed E-state index contributed by atoms with van der Waals surface area (Å²) in [7, 11) is 0. The number of hydrogen-bond acceptors (Lipinski definition) is 5. The van der Waals surface area contributed by atoms with Crippen molar-refractivity contribution in [3.05, 3.63) is 36.4 Å². The SMILES string of the molecule is O=C([O-])Cc1cc(-c2cccnc2)no1.[Li+]. The topological polar surface area (TPSA) is 79.0 Å². The Morgan fingerprint density at radius 1 is 1.50 bits per heavy atom. The minimum Gasteiger partial charge on any atom is -0.550 e. The molecule has 0 amide bonds. The van der Waals surface area contributed by atoms with Crippen molar-refractivity contribution >= 4 is 5.97 Å². The summed E-state index contributed by atoms with van der Waals surface area (Å²) in [5, 5.41) is 14.0. The van der Waals surface area contributed by atoms with Crippen LogP contribution < -0.4 is 24.0 Å². The van der Waals surface area contributed by atoms with Crippen LogP contribution >= 0.6 is 0 Å². The molecule has 0 aliphatic rings. The summed E-state index contributed by atoms with van der Waals surface area (Å²) in [6.07, 6.45) is 3.00. The standard InChI is InChI=1S/C10H8N2O3.Li/c13-10(14)5-8-4-9(12-15-8)7-2-1-3-11-6-7;/h1-4,6H,5H2,(H,13,14);/q;+1/p-1. The minimum atomic E-state index is -1.19. The van der Waals surface area contributed by atoms with E-state index >= 15 is 0 Å². The molecule has 0 N–H and O–H groups in total. The molecule has 0 aromatic carbocycles. The van der Waals surface area contributed by atoms with Crippen LogP contribution in [0.25, 0.3) is 11.3 Å². The molecule has 0 bridgehead atoms. The van der Waals surface area contributed by atoms with Crippen LogP contribution in [0.1, 0.15) is 5.76 Å². The third-order valence-electron chi connectivity index (χ3n) is 1.83. The molecule has 16 heavy (non-hydrogen) atoms. The Morgan fingerprint density at radius 3 is 2.94 bits per heavy atom. The fraction of sp³-hybridized carbons (Fsp3) is 0.100. The van der Waals surface area contributed by atoms with Crippen LogP contribution in [0.15, 0.2) is 35.1 Å². The summed E-state index contributed by atoms with van der Waals surface area (Å²) in [4.78, 5) is 14.2. The summed E-state index contributed by atoms with van der Waals surface area (Å²) >= 11 is 0. The van der Waals surface area contributed by atoms with Crippen LogP contribution in [-0.4, -0.2) is 16.1 Å². The molecule has 0 saturated carbocycles. The van der Waals surface area contributed by atoms with Gasteiger partial charge >= 0.3 is 18.9 Å².